The van der Waals surface area contributed by atoms with Crippen LogP contribution in [0.25, 0.3) is 0 Å². The molecule has 0 unspecified atom stereocenters. The summed E-state index contributed by atoms with van der Waals surface area (Å²) in [7, 11) is 0. The van der Waals surface area contributed by atoms with Crippen LogP contribution in [0.1, 0.15) is 17.2 Å². The van der Waals surface area contributed by atoms with E-state index >= 15 is 0 Å². The molecule has 0 bridgehead atoms. The Kier molecular flexibility index (Phi) is 3.85. The molecule has 0 amide bonds. The van der Waals surface area contributed by atoms with Crippen LogP contribution in [0.5, 0.6) is 0 Å². The number of hydrogen-bond acceptors (Lipinski definition) is 4. The first-order chi connectivity index (χ1) is 9.70. The highest BCUT2D eigenvalue weighted by atomic mass is 16.3. The minimum atomic E-state index is -0.284. The summed E-state index contributed by atoms with van der Waals surface area (Å²) < 4.78 is 5.60. The second-order valence-corrected chi connectivity index (χ2v) is 5.56. The standard InChI is InChI=1S/C16H20N2O2/c1-12-5-6-15(20-12)10-18-9-13(16(19)11-18)8-14-4-2-3-7-17-14/h2-7,13,16,19H,8-11H2,1H3/t13-,16-/m1/s1. The lowest BCUT2D eigenvalue weighted by atomic mass is 10.00. The number of likely N-dealkylation sites (tertiary alicyclic amines) is 1. The fraction of sp³-hybridized carbons (Fsp3) is 0.438. The normalized spacial score (nSPS) is 23.3. The monoisotopic (exact) mass is 272 g/mol. The molecule has 1 aliphatic heterocycles. The zero-order chi connectivity index (χ0) is 13.9. The molecule has 2 aromatic heterocycles. The zero-order valence-electron chi connectivity index (χ0n) is 11.7. The van der Waals surface area contributed by atoms with Crippen LogP contribution in [0.2, 0.25) is 0 Å². The molecule has 0 saturated carbocycles. The molecule has 3 rings (SSSR count). The Morgan fingerprint density at radius 1 is 1.30 bits per heavy atom. The first-order valence-corrected chi connectivity index (χ1v) is 7.06. The summed E-state index contributed by atoms with van der Waals surface area (Å²) in [5, 5.41) is 10.2. The SMILES string of the molecule is Cc1ccc(CN2C[C@@H](Cc3ccccn3)[C@H](O)C2)o1. The molecule has 1 saturated heterocycles. The lowest BCUT2D eigenvalue weighted by Gasteiger charge is -2.14. The number of aliphatic hydroxyl groups excluding tert-OH is 1. The first-order valence-electron chi connectivity index (χ1n) is 7.06. The highest BCUT2D eigenvalue weighted by Gasteiger charge is 2.31. The van der Waals surface area contributed by atoms with Crippen LogP contribution < -0.4 is 0 Å². The molecular weight excluding hydrogens is 252 g/mol. The van der Waals surface area contributed by atoms with Crippen molar-refractivity contribution in [3.8, 4) is 0 Å². The Bertz CT molecular complexity index is 553. The maximum absolute atomic E-state index is 10.2. The third-order valence-electron chi connectivity index (χ3n) is 3.86. The molecule has 1 aliphatic rings. The summed E-state index contributed by atoms with van der Waals surface area (Å²) in [6, 6.07) is 9.92. The second-order valence-electron chi connectivity index (χ2n) is 5.56. The lowest BCUT2D eigenvalue weighted by molar-refractivity contribution is 0.140. The van der Waals surface area contributed by atoms with Crippen molar-refractivity contribution in [2.45, 2.75) is 26.0 Å². The van der Waals surface area contributed by atoms with Gasteiger partial charge >= 0.3 is 0 Å². The summed E-state index contributed by atoms with van der Waals surface area (Å²) >= 11 is 0. The number of aliphatic hydroxyl groups is 1. The van der Waals surface area contributed by atoms with E-state index in [1.165, 1.54) is 0 Å². The number of pyridine rings is 1. The van der Waals surface area contributed by atoms with Crippen LogP contribution in [0.3, 0.4) is 0 Å². The van der Waals surface area contributed by atoms with Gasteiger partial charge in [0.05, 0.1) is 12.6 Å². The van der Waals surface area contributed by atoms with Gasteiger partial charge in [0.2, 0.25) is 0 Å². The summed E-state index contributed by atoms with van der Waals surface area (Å²) in [5.41, 5.74) is 1.05. The van der Waals surface area contributed by atoms with Gasteiger partial charge < -0.3 is 9.52 Å². The van der Waals surface area contributed by atoms with E-state index in [1.807, 2.05) is 37.3 Å². The second kappa shape index (κ2) is 5.77. The van der Waals surface area contributed by atoms with Gasteiger partial charge in [0.25, 0.3) is 0 Å². The van der Waals surface area contributed by atoms with Crippen LogP contribution in [0.15, 0.2) is 40.9 Å². The minimum Gasteiger partial charge on any atom is -0.465 e. The molecule has 3 heterocycles. The Hall–Kier alpha value is -1.65. The number of furan rings is 1. The van der Waals surface area contributed by atoms with E-state index in [1.54, 1.807) is 6.20 Å². The average Bonchev–Trinajstić information content (AvgIpc) is 2.98. The predicted octanol–water partition coefficient (Wildman–Crippen LogP) is 2.02. The smallest absolute Gasteiger partial charge is 0.118 e. The van der Waals surface area contributed by atoms with Crippen molar-refractivity contribution in [3.63, 3.8) is 0 Å². The zero-order valence-corrected chi connectivity index (χ0v) is 11.7. The van der Waals surface area contributed by atoms with Crippen molar-refractivity contribution >= 4 is 0 Å². The van der Waals surface area contributed by atoms with Crippen molar-refractivity contribution in [3.05, 3.63) is 53.7 Å². The quantitative estimate of drug-likeness (QED) is 0.925. The summed E-state index contributed by atoms with van der Waals surface area (Å²) in [4.78, 5) is 6.59. The van der Waals surface area contributed by atoms with E-state index in [-0.39, 0.29) is 12.0 Å². The van der Waals surface area contributed by atoms with Gasteiger partial charge in [0.1, 0.15) is 11.5 Å². The predicted molar refractivity (Wildman–Crippen MR) is 76.2 cm³/mol. The highest BCUT2D eigenvalue weighted by Crippen LogP contribution is 2.23. The van der Waals surface area contributed by atoms with Gasteiger partial charge in [0.15, 0.2) is 0 Å². The molecule has 0 aliphatic carbocycles. The largest absolute Gasteiger partial charge is 0.465 e. The van der Waals surface area contributed by atoms with Gasteiger partial charge in [-0.15, -0.1) is 0 Å². The van der Waals surface area contributed by atoms with Crippen LogP contribution in [-0.4, -0.2) is 34.2 Å². The summed E-state index contributed by atoms with van der Waals surface area (Å²) in [5.74, 6) is 2.15. The van der Waals surface area contributed by atoms with Gasteiger partial charge in [0, 0.05) is 30.9 Å². The molecule has 2 atom stereocenters. The molecule has 1 N–H and O–H groups in total. The summed E-state index contributed by atoms with van der Waals surface area (Å²) in [6.45, 7) is 4.31. The fourth-order valence-electron chi connectivity index (χ4n) is 2.85. The topological polar surface area (TPSA) is 49.5 Å². The third-order valence-corrected chi connectivity index (χ3v) is 3.86. The maximum atomic E-state index is 10.2. The molecule has 0 radical (unpaired) electrons. The minimum absolute atomic E-state index is 0.251. The fourth-order valence-corrected chi connectivity index (χ4v) is 2.85. The number of aromatic nitrogens is 1. The third kappa shape index (κ3) is 3.08. The van der Waals surface area contributed by atoms with Gasteiger partial charge in [-0.05, 0) is 37.6 Å². The molecule has 0 aromatic carbocycles. The number of β-amino-alcohol motifs (C(OH)–C–C–N with tert-alkyl or cyclic N) is 1. The molecule has 4 nitrogen and oxygen atoms in total. The summed E-state index contributed by atoms with van der Waals surface area (Å²) in [6.07, 6.45) is 2.35. The van der Waals surface area contributed by atoms with Crippen molar-refractivity contribution in [2.75, 3.05) is 13.1 Å². The van der Waals surface area contributed by atoms with Crippen LogP contribution >= 0.6 is 0 Å². The Balaban J connectivity index is 1.59. The van der Waals surface area contributed by atoms with E-state index in [9.17, 15) is 5.11 Å². The number of rotatable bonds is 4. The van der Waals surface area contributed by atoms with Gasteiger partial charge in [-0.25, -0.2) is 0 Å². The lowest BCUT2D eigenvalue weighted by Crippen LogP contribution is -2.21. The Labute approximate surface area is 119 Å². The first kappa shape index (κ1) is 13.3. The van der Waals surface area contributed by atoms with E-state index in [0.717, 1.165) is 36.7 Å². The molecule has 0 spiro atoms. The maximum Gasteiger partial charge on any atom is 0.118 e. The number of aryl methyl sites for hydroxylation is 1. The van der Waals surface area contributed by atoms with Gasteiger partial charge in [-0.2, -0.15) is 0 Å². The van der Waals surface area contributed by atoms with E-state index < -0.39 is 0 Å². The van der Waals surface area contributed by atoms with Crippen LogP contribution in [0, 0.1) is 12.8 Å². The average molecular weight is 272 g/mol. The number of nitrogens with zero attached hydrogens (tertiary/aromatic N) is 2. The molecular formula is C16H20N2O2. The molecule has 2 aromatic rings. The van der Waals surface area contributed by atoms with E-state index in [2.05, 4.69) is 9.88 Å². The van der Waals surface area contributed by atoms with E-state index in [4.69, 9.17) is 4.42 Å². The van der Waals surface area contributed by atoms with Crippen molar-refractivity contribution < 1.29 is 9.52 Å². The molecule has 20 heavy (non-hydrogen) atoms. The van der Waals surface area contributed by atoms with Crippen molar-refractivity contribution in [1.82, 2.24) is 9.88 Å². The molecule has 1 fully saturated rings. The van der Waals surface area contributed by atoms with Crippen LogP contribution in [-0.2, 0) is 13.0 Å². The van der Waals surface area contributed by atoms with Crippen molar-refractivity contribution in [1.29, 1.82) is 0 Å². The Morgan fingerprint density at radius 3 is 2.90 bits per heavy atom. The van der Waals surface area contributed by atoms with Gasteiger partial charge in [-0.1, -0.05) is 6.07 Å². The van der Waals surface area contributed by atoms with Gasteiger partial charge in [-0.3, -0.25) is 9.88 Å². The Morgan fingerprint density at radius 2 is 2.20 bits per heavy atom. The molecule has 106 valence electrons. The van der Waals surface area contributed by atoms with Crippen molar-refractivity contribution in [2.24, 2.45) is 5.92 Å². The van der Waals surface area contributed by atoms with Crippen LogP contribution in [0.4, 0.5) is 0 Å². The van der Waals surface area contributed by atoms with E-state index in [0.29, 0.717) is 6.54 Å². The number of hydrogen-bond donors (Lipinski definition) is 1. The highest BCUT2D eigenvalue weighted by molar-refractivity contribution is 5.08. The molecule has 4 heteroatoms.